The van der Waals surface area contributed by atoms with Gasteiger partial charge in [0, 0.05) is 12.6 Å². The van der Waals surface area contributed by atoms with Crippen LogP contribution >= 0.6 is 0 Å². The molecular weight excluding hydrogens is 255 g/mol. The molecular formula is C14H18F3NO. The number of alkyl halides is 3. The largest absolute Gasteiger partial charge is 0.573 e. The highest BCUT2D eigenvalue weighted by Gasteiger charge is 2.37. The second-order valence-corrected chi connectivity index (χ2v) is 5.53. The monoisotopic (exact) mass is 273 g/mol. The van der Waals surface area contributed by atoms with Crippen LogP contribution in [0.4, 0.5) is 13.2 Å². The molecule has 5 heteroatoms. The highest BCUT2D eigenvalue weighted by Crippen LogP contribution is 2.44. The van der Waals surface area contributed by atoms with Crippen molar-refractivity contribution in [3.8, 4) is 5.75 Å². The molecule has 0 aliphatic heterocycles. The fourth-order valence-electron chi connectivity index (χ4n) is 1.87. The first-order valence-corrected chi connectivity index (χ1v) is 6.37. The lowest BCUT2D eigenvalue weighted by atomic mass is 10.1. The minimum Gasteiger partial charge on any atom is -0.406 e. The first-order chi connectivity index (χ1) is 8.77. The lowest BCUT2D eigenvalue weighted by Crippen LogP contribution is -2.25. The summed E-state index contributed by atoms with van der Waals surface area (Å²) in [7, 11) is 0. The highest BCUT2D eigenvalue weighted by molar-refractivity contribution is 5.29. The Balaban J connectivity index is 1.89. The summed E-state index contributed by atoms with van der Waals surface area (Å²) in [5.41, 5.74) is 1.37. The number of benzene rings is 1. The van der Waals surface area contributed by atoms with Crippen LogP contribution in [0.25, 0.3) is 0 Å². The van der Waals surface area contributed by atoms with Gasteiger partial charge in [-0.2, -0.15) is 0 Å². The van der Waals surface area contributed by atoms with Crippen molar-refractivity contribution in [2.24, 2.45) is 5.41 Å². The second-order valence-electron chi connectivity index (χ2n) is 5.53. The standard InChI is InChI=1S/C14H18F3NO/c1-10(18-9-13(2)7-8-13)11-3-5-12(6-4-11)19-14(15,16)17/h3-6,10,18H,7-9H2,1-2H3. The molecule has 19 heavy (non-hydrogen) atoms. The molecule has 1 aliphatic carbocycles. The van der Waals surface area contributed by atoms with E-state index in [-0.39, 0.29) is 11.8 Å². The van der Waals surface area contributed by atoms with E-state index >= 15 is 0 Å². The predicted octanol–water partition coefficient (Wildman–Crippen LogP) is 4.04. The lowest BCUT2D eigenvalue weighted by molar-refractivity contribution is -0.274. The van der Waals surface area contributed by atoms with Gasteiger partial charge in [-0.05, 0) is 42.9 Å². The number of hydrogen-bond donors (Lipinski definition) is 1. The Bertz CT molecular complexity index is 423. The van der Waals surface area contributed by atoms with Crippen molar-refractivity contribution >= 4 is 0 Å². The third-order valence-corrected chi connectivity index (χ3v) is 3.55. The quantitative estimate of drug-likeness (QED) is 0.874. The second kappa shape index (κ2) is 5.04. The van der Waals surface area contributed by atoms with E-state index < -0.39 is 6.36 Å². The van der Waals surface area contributed by atoms with Crippen LogP contribution in [0, 0.1) is 5.41 Å². The van der Waals surface area contributed by atoms with Gasteiger partial charge in [0.05, 0.1) is 0 Å². The molecule has 0 amide bonds. The molecule has 1 N–H and O–H groups in total. The molecule has 1 unspecified atom stereocenters. The topological polar surface area (TPSA) is 21.3 Å². The van der Waals surface area contributed by atoms with Crippen LogP contribution in [0.15, 0.2) is 24.3 Å². The SMILES string of the molecule is CC(NCC1(C)CC1)c1ccc(OC(F)(F)F)cc1. The normalized spacial score (nSPS) is 19.0. The smallest absolute Gasteiger partial charge is 0.406 e. The van der Waals surface area contributed by atoms with Crippen molar-refractivity contribution in [1.29, 1.82) is 0 Å². The average Bonchev–Trinajstić information content (AvgIpc) is 3.04. The fraction of sp³-hybridized carbons (Fsp3) is 0.571. The molecule has 1 aliphatic rings. The van der Waals surface area contributed by atoms with Crippen LogP contribution < -0.4 is 10.1 Å². The van der Waals surface area contributed by atoms with Crippen LogP contribution in [0.3, 0.4) is 0 Å². The maximum absolute atomic E-state index is 12.0. The van der Waals surface area contributed by atoms with Gasteiger partial charge in [-0.15, -0.1) is 13.2 Å². The van der Waals surface area contributed by atoms with Gasteiger partial charge >= 0.3 is 6.36 Å². The molecule has 106 valence electrons. The molecule has 2 rings (SSSR count). The van der Waals surface area contributed by atoms with Gasteiger partial charge in [0.1, 0.15) is 5.75 Å². The zero-order chi connectivity index (χ0) is 14.1. The van der Waals surface area contributed by atoms with Crippen molar-refractivity contribution in [2.45, 2.75) is 39.1 Å². The van der Waals surface area contributed by atoms with Gasteiger partial charge < -0.3 is 10.1 Å². The molecule has 2 nitrogen and oxygen atoms in total. The molecule has 1 aromatic carbocycles. The third-order valence-electron chi connectivity index (χ3n) is 3.55. The number of nitrogens with one attached hydrogen (secondary N) is 1. The Kier molecular flexibility index (Phi) is 3.76. The van der Waals surface area contributed by atoms with Crippen molar-refractivity contribution in [2.75, 3.05) is 6.54 Å². The minimum absolute atomic E-state index is 0.123. The van der Waals surface area contributed by atoms with E-state index in [2.05, 4.69) is 17.0 Å². The van der Waals surface area contributed by atoms with Gasteiger partial charge in [0.15, 0.2) is 0 Å². The van der Waals surface area contributed by atoms with E-state index in [0.29, 0.717) is 5.41 Å². The first-order valence-electron chi connectivity index (χ1n) is 6.37. The molecule has 1 saturated carbocycles. The maximum atomic E-state index is 12.0. The van der Waals surface area contributed by atoms with Crippen LogP contribution in [0.5, 0.6) is 5.75 Å². The Morgan fingerprint density at radius 1 is 1.26 bits per heavy atom. The molecule has 0 spiro atoms. The van der Waals surface area contributed by atoms with Crippen LogP contribution in [-0.4, -0.2) is 12.9 Å². The third kappa shape index (κ3) is 4.42. The molecule has 0 saturated heterocycles. The zero-order valence-electron chi connectivity index (χ0n) is 11.1. The van der Waals surface area contributed by atoms with E-state index in [4.69, 9.17) is 0 Å². The molecule has 1 fully saturated rings. The maximum Gasteiger partial charge on any atom is 0.573 e. The van der Waals surface area contributed by atoms with E-state index in [1.807, 2.05) is 6.92 Å². The predicted molar refractivity (Wildman–Crippen MR) is 66.9 cm³/mol. The number of rotatable bonds is 5. The van der Waals surface area contributed by atoms with Crippen LogP contribution in [-0.2, 0) is 0 Å². The van der Waals surface area contributed by atoms with Crippen LogP contribution in [0.1, 0.15) is 38.3 Å². The highest BCUT2D eigenvalue weighted by atomic mass is 19.4. The van der Waals surface area contributed by atoms with E-state index in [9.17, 15) is 13.2 Å². The molecule has 0 aromatic heterocycles. The molecule has 0 heterocycles. The first kappa shape index (κ1) is 14.2. The summed E-state index contributed by atoms with van der Waals surface area (Å²) >= 11 is 0. The van der Waals surface area contributed by atoms with Gasteiger partial charge in [-0.25, -0.2) is 0 Å². The van der Waals surface area contributed by atoms with Gasteiger partial charge in [-0.1, -0.05) is 19.1 Å². The van der Waals surface area contributed by atoms with Crippen molar-refractivity contribution in [3.05, 3.63) is 29.8 Å². The fourth-order valence-corrected chi connectivity index (χ4v) is 1.87. The number of hydrogen-bond acceptors (Lipinski definition) is 2. The number of ether oxygens (including phenoxy) is 1. The van der Waals surface area contributed by atoms with Crippen molar-refractivity contribution < 1.29 is 17.9 Å². The lowest BCUT2D eigenvalue weighted by Gasteiger charge is -2.18. The molecule has 0 bridgehead atoms. The Morgan fingerprint density at radius 3 is 2.32 bits per heavy atom. The Morgan fingerprint density at radius 2 is 1.84 bits per heavy atom. The summed E-state index contributed by atoms with van der Waals surface area (Å²) in [5, 5.41) is 3.41. The molecule has 1 atom stereocenters. The molecule has 0 radical (unpaired) electrons. The average molecular weight is 273 g/mol. The van der Waals surface area contributed by atoms with E-state index in [1.54, 1.807) is 12.1 Å². The Hall–Kier alpha value is -1.23. The van der Waals surface area contributed by atoms with Gasteiger partial charge in [-0.3, -0.25) is 0 Å². The zero-order valence-corrected chi connectivity index (χ0v) is 11.1. The van der Waals surface area contributed by atoms with Gasteiger partial charge in [0.2, 0.25) is 0 Å². The minimum atomic E-state index is -4.63. The van der Waals surface area contributed by atoms with E-state index in [0.717, 1.165) is 12.1 Å². The summed E-state index contributed by atoms with van der Waals surface area (Å²) in [6.45, 7) is 5.17. The van der Waals surface area contributed by atoms with Crippen molar-refractivity contribution in [1.82, 2.24) is 5.32 Å². The number of halogens is 3. The Labute approximate surface area is 111 Å². The summed E-state index contributed by atoms with van der Waals surface area (Å²) in [6, 6.07) is 6.14. The summed E-state index contributed by atoms with van der Waals surface area (Å²) < 4.78 is 39.9. The molecule has 1 aromatic rings. The van der Waals surface area contributed by atoms with Crippen molar-refractivity contribution in [3.63, 3.8) is 0 Å². The van der Waals surface area contributed by atoms with Gasteiger partial charge in [0.25, 0.3) is 0 Å². The summed E-state index contributed by atoms with van der Waals surface area (Å²) in [6.07, 6.45) is -2.15. The van der Waals surface area contributed by atoms with Crippen LogP contribution in [0.2, 0.25) is 0 Å². The summed E-state index contributed by atoms with van der Waals surface area (Å²) in [4.78, 5) is 0. The van der Waals surface area contributed by atoms with E-state index in [1.165, 1.54) is 25.0 Å². The summed E-state index contributed by atoms with van der Waals surface area (Å²) in [5.74, 6) is -0.183.